The van der Waals surface area contributed by atoms with Crippen molar-refractivity contribution in [2.45, 2.75) is 46.3 Å². The molecule has 0 amide bonds. The van der Waals surface area contributed by atoms with Crippen molar-refractivity contribution in [3.05, 3.63) is 35.9 Å². The molecule has 0 saturated carbocycles. The Morgan fingerprint density at radius 2 is 1.94 bits per heavy atom. The molecule has 3 heteroatoms. The van der Waals surface area contributed by atoms with Gasteiger partial charge in [0.25, 0.3) is 0 Å². The number of benzene rings is 1. The van der Waals surface area contributed by atoms with E-state index in [1.165, 1.54) is 6.42 Å². The first kappa shape index (κ1) is 16.8. The van der Waals surface area contributed by atoms with Gasteiger partial charge in [0, 0.05) is 0 Å². The largest absolute Gasteiger partial charge is 0.392 e. The van der Waals surface area contributed by atoms with E-state index in [2.05, 4.69) is 12.2 Å². The topological polar surface area (TPSA) is 49.3 Å². The molecule has 1 unspecified atom stereocenters. The zero-order valence-corrected chi connectivity index (χ0v) is 11.6. The van der Waals surface area contributed by atoms with E-state index in [-0.39, 0.29) is 18.4 Å². The summed E-state index contributed by atoms with van der Waals surface area (Å²) in [5.41, 5.74) is 0.965. The number of unbranched alkanes of at least 4 members (excludes halogenated alkanes) is 1. The third kappa shape index (κ3) is 8.90. The molecule has 2 N–H and O–H groups in total. The third-order valence-corrected chi connectivity index (χ3v) is 2.62. The minimum atomic E-state index is 0.0338. The number of hydrogen-bond acceptors (Lipinski definition) is 3. The minimum absolute atomic E-state index is 0.0338. The van der Waals surface area contributed by atoms with Crippen molar-refractivity contribution in [3.8, 4) is 0 Å². The molecule has 0 heterocycles. The summed E-state index contributed by atoms with van der Waals surface area (Å²) in [5, 5.41) is 11.7. The molecule has 1 atom stereocenters. The van der Waals surface area contributed by atoms with Gasteiger partial charge >= 0.3 is 0 Å². The average Bonchev–Trinajstić information content (AvgIpc) is 2.40. The molecule has 0 saturated heterocycles. The number of rotatable bonds is 6. The molecule has 102 valence electrons. The number of Topliss-reactive ketones (excluding diaryl/α,β-unsaturated/α-hetero) is 1. The number of carbonyl (C=O) groups is 1. The molecule has 1 aromatic rings. The molecule has 0 aliphatic carbocycles. The molecule has 0 aliphatic rings. The molecule has 1 rings (SSSR count). The Hall–Kier alpha value is -1.19. The Kier molecular flexibility index (Phi) is 10.2. The van der Waals surface area contributed by atoms with Crippen LogP contribution in [0.3, 0.4) is 0 Å². The van der Waals surface area contributed by atoms with Crippen LogP contribution < -0.4 is 5.32 Å². The van der Waals surface area contributed by atoms with Crippen LogP contribution in [0.15, 0.2) is 30.3 Å². The van der Waals surface area contributed by atoms with Gasteiger partial charge in [-0.1, -0.05) is 43.7 Å². The second-order valence-corrected chi connectivity index (χ2v) is 4.28. The summed E-state index contributed by atoms with van der Waals surface area (Å²) in [6.45, 7) is 6.75. The molecule has 1 aromatic carbocycles. The van der Waals surface area contributed by atoms with Gasteiger partial charge in [0.05, 0.1) is 12.6 Å². The quantitative estimate of drug-likeness (QED) is 0.764. The fourth-order valence-electron chi connectivity index (χ4n) is 1.22. The Labute approximate surface area is 110 Å². The van der Waals surface area contributed by atoms with Crippen LogP contribution in [0.4, 0.5) is 0 Å². The molecule has 3 nitrogen and oxygen atoms in total. The lowest BCUT2D eigenvalue weighted by Crippen LogP contribution is -2.32. The van der Waals surface area contributed by atoms with Crippen LogP contribution in [0.25, 0.3) is 0 Å². The first-order chi connectivity index (χ1) is 8.61. The molecule has 0 aromatic heterocycles. The molecule has 0 aliphatic heterocycles. The number of aliphatic hydroxyl groups is 1. The maximum atomic E-state index is 10.7. The molecular weight excluding hydrogens is 226 g/mol. The number of aliphatic hydroxyl groups excluding tert-OH is 1. The zero-order chi connectivity index (χ0) is 13.8. The highest BCUT2D eigenvalue weighted by atomic mass is 16.3. The standard InChI is InChI=1S/C8H17NO.C7H8O/c1-4-5-6-9-7(2)8(3)10;8-6-7-4-2-1-3-5-7/h7,9H,4-6H2,1-3H3;1-5,8H,6H2. The monoisotopic (exact) mass is 251 g/mol. The number of hydrogen-bond donors (Lipinski definition) is 2. The summed E-state index contributed by atoms with van der Waals surface area (Å²) in [6, 6.07) is 9.56. The van der Waals surface area contributed by atoms with Gasteiger partial charge in [-0.15, -0.1) is 0 Å². The van der Waals surface area contributed by atoms with E-state index in [0.717, 1.165) is 18.5 Å². The van der Waals surface area contributed by atoms with Crippen molar-refractivity contribution >= 4 is 5.78 Å². The second-order valence-electron chi connectivity index (χ2n) is 4.28. The van der Waals surface area contributed by atoms with Crippen LogP contribution in [0.5, 0.6) is 0 Å². The van der Waals surface area contributed by atoms with Crippen molar-refractivity contribution < 1.29 is 9.90 Å². The van der Waals surface area contributed by atoms with Gasteiger partial charge in [-0.05, 0) is 32.4 Å². The number of nitrogens with one attached hydrogen (secondary N) is 1. The second kappa shape index (κ2) is 10.9. The fraction of sp³-hybridized carbons (Fsp3) is 0.533. The third-order valence-electron chi connectivity index (χ3n) is 2.62. The van der Waals surface area contributed by atoms with Gasteiger partial charge in [-0.3, -0.25) is 4.79 Å². The highest BCUT2D eigenvalue weighted by molar-refractivity contribution is 5.80. The van der Waals surface area contributed by atoms with Gasteiger partial charge in [0.2, 0.25) is 0 Å². The molecule has 18 heavy (non-hydrogen) atoms. The van der Waals surface area contributed by atoms with Crippen molar-refractivity contribution in [1.29, 1.82) is 0 Å². The van der Waals surface area contributed by atoms with E-state index < -0.39 is 0 Å². The van der Waals surface area contributed by atoms with Crippen LogP contribution in [0, 0.1) is 0 Å². The summed E-state index contributed by atoms with van der Waals surface area (Å²) in [5.74, 6) is 0.219. The van der Waals surface area contributed by atoms with Crippen LogP contribution >= 0.6 is 0 Å². The highest BCUT2D eigenvalue weighted by Gasteiger charge is 2.03. The average molecular weight is 251 g/mol. The Morgan fingerprint density at radius 3 is 2.33 bits per heavy atom. The lowest BCUT2D eigenvalue weighted by atomic mass is 10.2. The summed E-state index contributed by atoms with van der Waals surface area (Å²) >= 11 is 0. The molecule has 0 fully saturated rings. The summed E-state index contributed by atoms with van der Waals surface area (Å²) in [6.07, 6.45) is 2.33. The first-order valence-electron chi connectivity index (χ1n) is 6.50. The van der Waals surface area contributed by atoms with Crippen molar-refractivity contribution in [2.24, 2.45) is 0 Å². The van der Waals surface area contributed by atoms with Crippen LogP contribution in [-0.4, -0.2) is 23.5 Å². The van der Waals surface area contributed by atoms with Gasteiger partial charge in [-0.25, -0.2) is 0 Å². The lowest BCUT2D eigenvalue weighted by molar-refractivity contribution is -0.118. The summed E-state index contributed by atoms with van der Waals surface area (Å²) in [4.78, 5) is 10.7. The van der Waals surface area contributed by atoms with E-state index in [9.17, 15) is 4.79 Å². The van der Waals surface area contributed by atoms with Gasteiger partial charge in [0.15, 0.2) is 0 Å². The summed E-state index contributed by atoms with van der Waals surface area (Å²) < 4.78 is 0. The maximum absolute atomic E-state index is 10.7. The number of carbonyl (C=O) groups excluding carboxylic acids is 1. The molecular formula is C15H25NO2. The van der Waals surface area contributed by atoms with Gasteiger partial charge in [0.1, 0.15) is 5.78 Å². The van der Waals surface area contributed by atoms with E-state index in [4.69, 9.17) is 5.11 Å². The summed E-state index contributed by atoms with van der Waals surface area (Å²) in [7, 11) is 0. The van der Waals surface area contributed by atoms with Crippen LogP contribution in [-0.2, 0) is 11.4 Å². The van der Waals surface area contributed by atoms with Crippen molar-refractivity contribution in [2.75, 3.05) is 6.54 Å². The van der Waals surface area contributed by atoms with Crippen molar-refractivity contribution in [1.82, 2.24) is 5.32 Å². The Morgan fingerprint density at radius 1 is 1.33 bits per heavy atom. The van der Waals surface area contributed by atoms with E-state index >= 15 is 0 Å². The van der Waals surface area contributed by atoms with Crippen LogP contribution in [0.1, 0.15) is 39.2 Å². The molecule has 0 spiro atoms. The Bertz CT molecular complexity index is 312. The Balaban J connectivity index is 0.000000327. The predicted octanol–water partition coefficient (Wildman–Crippen LogP) is 2.53. The van der Waals surface area contributed by atoms with E-state index in [1.807, 2.05) is 37.3 Å². The first-order valence-corrected chi connectivity index (χ1v) is 6.50. The SMILES string of the molecule is CCCCNC(C)C(C)=O.OCc1ccccc1. The fourth-order valence-corrected chi connectivity index (χ4v) is 1.22. The predicted molar refractivity (Wildman–Crippen MR) is 75.4 cm³/mol. The normalized spacial score (nSPS) is 11.3. The van der Waals surface area contributed by atoms with E-state index in [0.29, 0.717) is 0 Å². The minimum Gasteiger partial charge on any atom is -0.392 e. The molecule has 0 bridgehead atoms. The zero-order valence-electron chi connectivity index (χ0n) is 11.6. The molecule has 0 radical (unpaired) electrons. The highest BCUT2D eigenvalue weighted by Crippen LogP contribution is 1.95. The van der Waals surface area contributed by atoms with Gasteiger partial charge < -0.3 is 10.4 Å². The van der Waals surface area contributed by atoms with Crippen molar-refractivity contribution in [3.63, 3.8) is 0 Å². The lowest BCUT2D eigenvalue weighted by Gasteiger charge is -2.08. The smallest absolute Gasteiger partial charge is 0.146 e. The number of ketones is 1. The van der Waals surface area contributed by atoms with E-state index in [1.54, 1.807) is 6.92 Å². The maximum Gasteiger partial charge on any atom is 0.146 e. The van der Waals surface area contributed by atoms with Crippen LogP contribution in [0.2, 0.25) is 0 Å². The van der Waals surface area contributed by atoms with Gasteiger partial charge in [-0.2, -0.15) is 0 Å².